The van der Waals surface area contributed by atoms with Gasteiger partial charge in [0.05, 0.1) is 22.3 Å². The van der Waals surface area contributed by atoms with E-state index in [2.05, 4.69) is 103 Å². The van der Waals surface area contributed by atoms with Crippen molar-refractivity contribution in [2.45, 2.75) is 50.2 Å². The van der Waals surface area contributed by atoms with E-state index in [0.717, 1.165) is 18.6 Å². The fourth-order valence-corrected chi connectivity index (χ4v) is 8.46. The fourth-order valence-electron chi connectivity index (χ4n) is 8.46. The molecule has 0 N–H and O–H groups in total. The summed E-state index contributed by atoms with van der Waals surface area (Å²) in [6.45, 7) is 2.20. The second-order valence-electron chi connectivity index (χ2n) is 12.3. The zero-order valence-electron chi connectivity index (χ0n) is 22.5. The Labute approximate surface area is 233 Å². The van der Waals surface area contributed by atoms with Gasteiger partial charge in [-0.15, -0.1) is 0 Å². The molecule has 10 rings (SSSR count). The van der Waals surface area contributed by atoms with Crippen LogP contribution >= 0.6 is 0 Å². The van der Waals surface area contributed by atoms with Gasteiger partial charge in [-0.2, -0.15) is 0 Å². The van der Waals surface area contributed by atoms with Crippen LogP contribution in [0.3, 0.4) is 0 Å². The predicted molar refractivity (Wildman–Crippen MR) is 159 cm³/mol. The quantitative estimate of drug-likeness (QED) is 0.247. The van der Waals surface area contributed by atoms with Gasteiger partial charge in [0, 0.05) is 40.0 Å². The summed E-state index contributed by atoms with van der Waals surface area (Å²) in [5.74, 6) is 2.54. The molecule has 1 spiro atoms. The lowest BCUT2D eigenvalue weighted by molar-refractivity contribution is 0.120. The van der Waals surface area contributed by atoms with Gasteiger partial charge in [0.25, 0.3) is 0 Å². The Kier molecular flexibility index (Phi) is 3.93. The van der Waals surface area contributed by atoms with Crippen molar-refractivity contribution in [3.05, 3.63) is 124 Å². The molecule has 40 heavy (non-hydrogen) atoms. The fraction of sp³-hybridized carbons (Fsp3) is 0.243. The summed E-state index contributed by atoms with van der Waals surface area (Å²) < 4.78 is 15.6. The maximum atomic E-state index is 6.74. The molecule has 4 aliphatic carbocycles. The summed E-state index contributed by atoms with van der Waals surface area (Å²) in [6.07, 6.45) is 16.5. The molecule has 6 aliphatic rings. The van der Waals surface area contributed by atoms with Crippen LogP contribution < -0.4 is 4.74 Å². The minimum absolute atomic E-state index is 0.0309. The maximum absolute atomic E-state index is 6.74. The summed E-state index contributed by atoms with van der Waals surface area (Å²) in [4.78, 5) is 0. The Morgan fingerprint density at radius 1 is 0.950 bits per heavy atom. The van der Waals surface area contributed by atoms with Crippen LogP contribution in [0, 0.1) is 12.8 Å². The van der Waals surface area contributed by atoms with E-state index in [1.807, 2.05) is 0 Å². The van der Waals surface area contributed by atoms with Gasteiger partial charge in [-0.05, 0) is 73.7 Å². The SMILES string of the molecule is Cc1ccc(-n2c3c(c4ccccc42)C2OC4=C(C=CCC4)C2C=C3)c(-c2ccc3c(c2)C24CCC=C2C4O3)c1. The third-order valence-corrected chi connectivity index (χ3v) is 10.3. The number of rotatable bonds is 2. The summed E-state index contributed by atoms with van der Waals surface area (Å²) in [5, 5.41) is 1.29. The summed E-state index contributed by atoms with van der Waals surface area (Å²) in [7, 11) is 0. The number of hydrogen-bond donors (Lipinski definition) is 0. The van der Waals surface area contributed by atoms with Crippen molar-refractivity contribution in [1.29, 1.82) is 0 Å². The van der Waals surface area contributed by atoms with Gasteiger partial charge in [-0.3, -0.25) is 0 Å². The minimum Gasteiger partial charge on any atom is -0.489 e. The summed E-state index contributed by atoms with van der Waals surface area (Å²) in [6, 6.07) is 22.7. The van der Waals surface area contributed by atoms with Crippen molar-refractivity contribution in [2.24, 2.45) is 5.92 Å². The second kappa shape index (κ2) is 7.28. The number of aryl methyl sites for hydroxylation is 1. The zero-order valence-corrected chi connectivity index (χ0v) is 22.5. The Morgan fingerprint density at radius 2 is 1.90 bits per heavy atom. The molecule has 3 nitrogen and oxygen atoms in total. The standard InChI is InChI=1S/C37H29NO2/c1-21-12-15-30(26(19-21)22-13-17-33-28(20-22)37-18-6-9-27(37)36(37)40-33)38-29-10-4-2-8-25(29)34-31(38)16-14-24-23-7-3-5-11-32(23)39-35(24)34/h2-4,7-10,12-17,19-20,24,35-36H,5-6,11,18H2,1H3. The third-order valence-electron chi connectivity index (χ3n) is 10.3. The van der Waals surface area contributed by atoms with Crippen molar-refractivity contribution in [1.82, 2.24) is 4.57 Å². The Hall–Kier alpha value is -4.24. The van der Waals surface area contributed by atoms with Gasteiger partial charge >= 0.3 is 0 Å². The highest BCUT2D eigenvalue weighted by molar-refractivity contribution is 5.93. The van der Waals surface area contributed by atoms with Crippen molar-refractivity contribution >= 4 is 17.0 Å². The van der Waals surface area contributed by atoms with Gasteiger partial charge in [0.15, 0.2) is 0 Å². The summed E-state index contributed by atoms with van der Waals surface area (Å²) >= 11 is 0. The number of fused-ring (bicyclic) bond motifs is 8. The van der Waals surface area contributed by atoms with Crippen LogP contribution in [0.2, 0.25) is 0 Å². The molecule has 3 aromatic carbocycles. The molecule has 2 aliphatic heterocycles. The number of allylic oxidation sites excluding steroid dienone is 4. The van der Waals surface area contributed by atoms with Gasteiger partial charge in [-0.25, -0.2) is 0 Å². The van der Waals surface area contributed by atoms with Gasteiger partial charge < -0.3 is 14.0 Å². The molecular formula is C37H29NO2. The maximum Gasteiger partial charge on any atom is 0.136 e. The average Bonchev–Trinajstić information content (AvgIpc) is 3.50. The molecule has 4 aromatic rings. The molecule has 194 valence electrons. The number of ether oxygens (including phenoxy) is 2. The third kappa shape index (κ3) is 2.53. The average molecular weight is 520 g/mol. The number of benzene rings is 3. The lowest BCUT2D eigenvalue weighted by Crippen LogP contribution is -2.14. The van der Waals surface area contributed by atoms with Crippen LogP contribution in [0.1, 0.15) is 54.2 Å². The van der Waals surface area contributed by atoms with E-state index in [1.165, 1.54) is 79.8 Å². The van der Waals surface area contributed by atoms with Crippen molar-refractivity contribution in [3.8, 4) is 22.6 Å². The highest BCUT2D eigenvalue weighted by Gasteiger charge is 2.69. The van der Waals surface area contributed by atoms with Gasteiger partial charge in [0.1, 0.15) is 23.7 Å². The molecule has 1 fully saturated rings. The first-order valence-electron chi connectivity index (χ1n) is 14.7. The molecule has 1 aromatic heterocycles. The Balaban J connectivity index is 1.18. The molecule has 3 heteroatoms. The predicted octanol–water partition coefficient (Wildman–Crippen LogP) is 8.66. The largest absolute Gasteiger partial charge is 0.489 e. The highest BCUT2D eigenvalue weighted by Crippen LogP contribution is 2.68. The van der Waals surface area contributed by atoms with E-state index < -0.39 is 0 Å². The Bertz CT molecular complexity index is 1950. The minimum atomic E-state index is 0.0309. The molecule has 0 saturated heterocycles. The molecule has 4 unspecified atom stereocenters. The molecule has 3 heterocycles. The number of hydrogen-bond acceptors (Lipinski definition) is 2. The number of para-hydroxylation sites is 1. The molecule has 0 bridgehead atoms. The normalized spacial score (nSPS) is 27.8. The first-order chi connectivity index (χ1) is 19.7. The highest BCUT2D eigenvalue weighted by atomic mass is 16.5. The number of aromatic nitrogens is 1. The Morgan fingerprint density at radius 3 is 2.88 bits per heavy atom. The summed E-state index contributed by atoms with van der Waals surface area (Å²) in [5.41, 5.74) is 13.2. The van der Waals surface area contributed by atoms with Crippen LogP contribution in [-0.4, -0.2) is 10.7 Å². The van der Waals surface area contributed by atoms with Gasteiger partial charge in [-0.1, -0.05) is 60.2 Å². The monoisotopic (exact) mass is 519 g/mol. The molecule has 4 atom stereocenters. The van der Waals surface area contributed by atoms with Crippen LogP contribution in [0.15, 0.2) is 102 Å². The van der Waals surface area contributed by atoms with Crippen LogP contribution in [0.25, 0.3) is 33.8 Å². The van der Waals surface area contributed by atoms with E-state index in [4.69, 9.17) is 9.47 Å². The van der Waals surface area contributed by atoms with E-state index in [0.29, 0.717) is 0 Å². The van der Waals surface area contributed by atoms with Crippen molar-refractivity contribution < 1.29 is 9.47 Å². The topological polar surface area (TPSA) is 23.4 Å². The van der Waals surface area contributed by atoms with Crippen LogP contribution in [0.5, 0.6) is 5.75 Å². The number of nitrogens with zero attached hydrogens (tertiary/aromatic N) is 1. The van der Waals surface area contributed by atoms with Crippen LogP contribution in [0.4, 0.5) is 0 Å². The van der Waals surface area contributed by atoms with E-state index >= 15 is 0 Å². The molecular weight excluding hydrogens is 490 g/mol. The van der Waals surface area contributed by atoms with E-state index in [1.54, 1.807) is 0 Å². The molecule has 1 saturated carbocycles. The van der Waals surface area contributed by atoms with Crippen molar-refractivity contribution in [3.63, 3.8) is 0 Å². The smallest absolute Gasteiger partial charge is 0.136 e. The van der Waals surface area contributed by atoms with Gasteiger partial charge in [0.2, 0.25) is 0 Å². The van der Waals surface area contributed by atoms with E-state index in [9.17, 15) is 0 Å². The lowest BCUT2D eigenvalue weighted by atomic mass is 9.84. The molecule has 0 radical (unpaired) electrons. The van der Waals surface area contributed by atoms with Crippen LogP contribution in [-0.2, 0) is 10.2 Å². The lowest BCUT2D eigenvalue weighted by Gasteiger charge is -2.24. The second-order valence-corrected chi connectivity index (χ2v) is 12.3. The molecule has 0 amide bonds. The van der Waals surface area contributed by atoms with E-state index in [-0.39, 0.29) is 23.5 Å². The first kappa shape index (κ1) is 21.6. The van der Waals surface area contributed by atoms with Crippen molar-refractivity contribution in [2.75, 3.05) is 0 Å². The zero-order chi connectivity index (χ0) is 26.2. The first-order valence-corrected chi connectivity index (χ1v) is 14.7.